The van der Waals surface area contributed by atoms with Crippen LogP contribution in [0.1, 0.15) is 30.7 Å². The normalized spacial score (nSPS) is 27.4. The Hall–Kier alpha value is -2.01. The predicted molar refractivity (Wildman–Crippen MR) is 87.0 cm³/mol. The molecule has 120 valence electrons. The van der Waals surface area contributed by atoms with Crippen molar-refractivity contribution in [3.63, 3.8) is 0 Å². The minimum atomic E-state index is -0.621. The number of para-hydroxylation sites is 2. The van der Waals surface area contributed by atoms with Crippen LogP contribution in [0.3, 0.4) is 0 Å². The molecular formula is C18H21N3O2. The van der Waals surface area contributed by atoms with E-state index in [9.17, 15) is 9.90 Å². The summed E-state index contributed by atoms with van der Waals surface area (Å²) in [4.78, 5) is 23.4. The number of aliphatic carboxylic acids is 1. The minimum Gasteiger partial charge on any atom is -0.481 e. The molecule has 2 heterocycles. The third-order valence-electron chi connectivity index (χ3n) is 5.58. The van der Waals surface area contributed by atoms with E-state index >= 15 is 0 Å². The van der Waals surface area contributed by atoms with Crippen LogP contribution in [0.2, 0.25) is 0 Å². The fourth-order valence-corrected chi connectivity index (χ4v) is 4.35. The Balaban J connectivity index is 1.60. The Morgan fingerprint density at radius 1 is 1.35 bits per heavy atom. The summed E-state index contributed by atoms with van der Waals surface area (Å²) < 4.78 is 0. The third-order valence-corrected chi connectivity index (χ3v) is 5.58. The first-order chi connectivity index (χ1) is 11.1. The smallest absolute Gasteiger partial charge is 0.311 e. The van der Waals surface area contributed by atoms with Crippen LogP contribution in [-0.4, -0.2) is 39.0 Å². The van der Waals surface area contributed by atoms with Crippen molar-refractivity contribution in [1.82, 2.24) is 14.9 Å². The molecule has 1 N–H and O–H groups in total. The zero-order valence-corrected chi connectivity index (χ0v) is 13.3. The summed E-state index contributed by atoms with van der Waals surface area (Å²) in [5, 5.41) is 9.70. The summed E-state index contributed by atoms with van der Waals surface area (Å²) in [6.07, 6.45) is 2.89. The highest BCUT2D eigenvalue weighted by Crippen LogP contribution is 2.49. The molecule has 2 aliphatic rings. The molecule has 0 spiro atoms. The van der Waals surface area contributed by atoms with Crippen molar-refractivity contribution in [2.24, 2.45) is 11.3 Å². The van der Waals surface area contributed by atoms with Gasteiger partial charge in [0.05, 0.1) is 27.8 Å². The molecule has 2 atom stereocenters. The van der Waals surface area contributed by atoms with E-state index in [1.807, 2.05) is 31.2 Å². The number of likely N-dealkylation sites (tertiary alicyclic amines) is 1. The minimum absolute atomic E-state index is 0.286. The Kier molecular flexibility index (Phi) is 3.34. The Bertz CT molecular complexity index is 776. The van der Waals surface area contributed by atoms with Gasteiger partial charge in [-0.15, -0.1) is 0 Å². The summed E-state index contributed by atoms with van der Waals surface area (Å²) >= 11 is 0. The van der Waals surface area contributed by atoms with E-state index in [2.05, 4.69) is 9.88 Å². The van der Waals surface area contributed by atoms with Gasteiger partial charge < -0.3 is 5.11 Å². The van der Waals surface area contributed by atoms with Gasteiger partial charge in [-0.1, -0.05) is 18.6 Å². The zero-order chi connectivity index (χ0) is 16.0. The Labute approximate surface area is 135 Å². The lowest BCUT2D eigenvalue weighted by atomic mass is 9.81. The Morgan fingerprint density at radius 3 is 2.78 bits per heavy atom. The number of carbonyl (C=O) groups is 1. The van der Waals surface area contributed by atoms with Gasteiger partial charge in [-0.3, -0.25) is 9.69 Å². The number of aryl methyl sites for hydroxylation is 1. The monoisotopic (exact) mass is 311 g/mol. The fraction of sp³-hybridized carbons (Fsp3) is 0.500. The van der Waals surface area contributed by atoms with E-state index < -0.39 is 11.4 Å². The maximum Gasteiger partial charge on any atom is 0.311 e. The summed E-state index contributed by atoms with van der Waals surface area (Å²) in [7, 11) is 0. The van der Waals surface area contributed by atoms with Crippen molar-refractivity contribution in [1.29, 1.82) is 0 Å². The van der Waals surface area contributed by atoms with E-state index in [-0.39, 0.29) is 5.92 Å². The lowest BCUT2D eigenvalue weighted by Gasteiger charge is -2.23. The van der Waals surface area contributed by atoms with Crippen LogP contribution in [0.15, 0.2) is 24.3 Å². The molecule has 2 aromatic rings. The van der Waals surface area contributed by atoms with Gasteiger partial charge in [0.25, 0.3) is 0 Å². The number of rotatable bonds is 3. The van der Waals surface area contributed by atoms with E-state index in [1.54, 1.807) is 0 Å². The maximum atomic E-state index is 11.8. The molecule has 1 aliphatic carbocycles. The number of aromatic nitrogens is 2. The lowest BCUT2D eigenvalue weighted by Crippen LogP contribution is -2.35. The van der Waals surface area contributed by atoms with Crippen molar-refractivity contribution in [2.75, 3.05) is 13.1 Å². The van der Waals surface area contributed by atoms with E-state index in [0.717, 1.165) is 48.2 Å². The molecule has 1 aliphatic heterocycles. The number of hydrogen-bond acceptors (Lipinski definition) is 4. The van der Waals surface area contributed by atoms with Gasteiger partial charge in [0.1, 0.15) is 0 Å². The first-order valence-electron chi connectivity index (χ1n) is 8.26. The second-order valence-corrected chi connectivity index (χ2v) is 6.96. The molecule has 5 nitrogen and oxygen atoms in total. The van der Waals surface area contributed by atoms with Crippen LogP contribution in [0.5, 0.6) is 0 Å². The highest BCUT2D eigenvalue weighted by Gasteiger charge is 2.54. The first kappa shape index (κ1) is 14.6. The van der Waals surface area contributed by atoms with Crippen LogP contribution in [0.25, 0.3) is 11.0 Å². The SMILES string of the molecule is Cc1nc2ccccc2nc1CN1C[C@@H]2CCC[C@@]2(C(=O)O)C1. The number of carboxylic acids is 1. The summed E-state index contributed by atoms with van der Waals surface area (Å²) in [5.74, 6) is -0.336. The summed E-state index contributed by atoms with van der Waals surface area (Å²) in [6, 6.07) is 7.88. The molecule has 23 heavy (non-hydrogen) atoms. The number of carboxylic acid groups (broad SMARTS) is 1. The highest BCUT2D eigenvalue weighted by molar-refractivity contribution is 5.76. The largest absolute Gasteiger partial charge is 0.481 e. The number of nitrogens with zero attached hydrogens (tertiary/aromatic N) is 3. The van der Waals surface area contributed by atoms with Crippen molar-refractivity contribution in [3.05, 3.63) is 35.7 Å². The van der Waals surface area contributed by atoms with Crippen LogP contribution in [0, 0.1) is 18.3 Å². The van der Waals surface area contributed by atoms with Crippen LogP contribution in [0.4, 0.5) is 0 Å². The summed E-state index contributed by atoms with van der Waals surface area (Å²) in [6.45, 7) is 4.18. The van der Waals surface area contributed by atoms with Crippen molar-refractivity contribution in [3.8, 4) is 0 Å². The molecular weight excluding hydrogens is 290 g/mol. The molecule has 0 unspecified atom stereocenters. The maximum absolute atomic E-state index is 11.8. The van der Waals surface area contributed by atoms with Gasteiger partial charge >= 0.3 is 5.97 Å². The van der Waals surface area contributed by atoms with Crippen molar-refractivity contribution in [2.45, 2.75) is 32.7 Å². The van der Waals surface area contributed by atoms with Gasteiger partial charge in [0.15, 0.2) is 0 Å². The van der Waals surface area contributed by atoms with Crippen LogP contribution >= 0.6 is 0 Å². The molecule has 5 heteroatoms. The topological polar surface area (TPSA) is 66.3 Å². The predicted octanol–water partition coefficient (Wildman–Crippen LogP) is 2.62. The zero-order valence-electron chi connectivity index (χ0n) is 13.3. The fourth-order valence-electron chi connectivity index (χ4n) is 4.35. The number of hydrogen-bond donors (Lipinski definition) is 1. The molecule has 0 radical (unpaired) electrons. The number of fused-ring (bicyclic) bond motifs is 2. The van der Waals surface area contributed by atoms with Gasteiger partial charge in [-0.2, -0.15) is 0 Å². The number of benzene rings is 1. The first-order valence-corrected chi connectivity index (χ1v) is 8.26. The quantitative estimate of drug-likeness (QED) is 0.944. The molecule has 2 fully saturated rings. The van der Waals surface area contributed by atoms with Crippen LogP contribution < -0.4 is 0 Å². The van der Waals surface area contributed by atoms with Gasteiger partial charge in [0.2, 0.25) is 0 Å². The Morgan fingerprint density at radius 2 is 2.09 bits per heavy atom. The average molecular weight is 311 g/mol. The second kappa shape index (κ2) is 5.27. The van der Waals surface area contributed by atoms with Gasteiger partial charge in [0, 0.05) is 19.6 Å². The molecule has 1 aromatic carbocycles. The molecule has 1 aromatic heterocycles. The van der Waals surface area contributed by atoms with E-state index in [0.29, 0.717) is 13.1 Å². The second-order valence-electron chi connectivity index (χ2n) is 6.96. The van der Waals surface area contributed by atoms with Crippen molar-refractivity contribution < 1.29 is 9.90 Å². The average Bonchev–Trinajstić information content (AvgIpc) is 3.06. The third kappa shape index (κ3) is 2.30. The van der Waals surface area contributed by atoms with Crippen molar-refractivity contribution >= 4 is 17.0 Å². The van der Waals surface area contributed by atoms with E-state index in [4.69, 9.17) is 4.98 Å². The standard InChI is InChI=1S/C18H21N3O2/c1-12-16(20-15-7-3-2-6-14(15)19-12)10-21-9-13-5-4-8-18(13,11-21)17(22)23/h2-3,6-7,13H,4-5,8-11H2,1H3,(H,22,23)/t13-,18+/m0/s1. The lowest BCUT2D eigenvalue weighted by molar-refractivity contribution is -0.149. The molecule has 0 amide bonds. The van der Waals surface area contributed by atoms with Gasteiger partial charge in [-0.05, 0) is 37.8 Å². The summed E-state index contributed by atoms with van der Waals surface area (Å²) in [5.41, 5.74) is 3.18. The van der Waals surface area contributed by atoms with Crippen LogP contribution in [-0.2, 0) is 11.3 Å². The molecule has 1 saturated heterocycles. The molecule has 0 bridgehead atoms. The molecule has 1 saturated carbocycles. The van der Waals surface area contributed by atoms with E-state index in [1.165, 1.54) is 0 Å². The van der Waals surface area contributed by atoms with Gasteiger partial charge in [-0.25, -0.2) is 9.97 Å². The highest BCUT2D eigenvalue weighted by atomic mass is 16.4. The molecule has 4 rings (SSSR count).